The quantitative estimate of drug-likeness (QED) is 0.836. The Morgan fingerprint density at radius 1 is 1.27 bits per heavy atom. The van der Waals surface area contributed by atoms with E-state index in [0.717, 1.165) is 12.0 Å². The van der Waals surface area contributed by atoms with E-state index >= 15 is 0 Å². The smallest absolute Gasteiger partial charge is 0.315 e. The van der Waals surface area contributed by atoms with Crippen LogP contribution in [0.3, 0.4) is 0 Å². The molecule has 0 bridgehead atoms. The average molecular weight is 377 g/mol. The van der Waals surface area contributed by atoms with Crippen LogP contribution in [0.2, 0.25) is 0 Å². The van der Waals surface area contributed by atoms with Gasteiger partial charge in [-0.05, 0) is 44.0 Å². The van der Waals surface area contributed by atoms with Crippen LogP contribution in [0.15, 0.2) is 52.0 Å². The Hall–Kier alpha value is -2.32. The minimum absolute atomic E-state index is 0.222. The molecule has 7 nitrogen and oxygen atoms in total. The van der Waals surface area contributed by atoms with Crippen LogP contribution < -0.4 is 10.6 Å². The van der Waals surface area contributed by atoms with Crippen LogP contribution in [0.5, 0.6) is 0 Å². The molecule has 0 aliphatic carbocycles. The van der Waals surface area contributed by atoms with Crippen molar-refractivity contribution in [1.82, 2.24) is 14.9 Å². The first kappa shape index (κ1) is 18.5. The topological polar surface area (TPSA) is 91.7 Å². The summed E-state index contributed by atoms with van der Waals surface area (Å²) in [5.74, 6) is 0.660. The van der Waals surface area contributed by atoms with E-state index in [1.165, 1.54) is 4.31 Å². The summed E-state index contributed by atoms with van der Waals surface area (Å²) in [6, 6.07) is 9.79. The molecule has 1 aliphatic rings. The van der Waals surface area contributed by atoms with Crippen LogP contribution in [0.25, 0.3) is 0 Å². The third-order valence-corrected chi connectivity index (χ3v) is 6.26. The molecule has 2 N–H and O–H groups in total. The highest BCUT2D eigenvalue weighted by Crippen LogP contribution is 2.21. The molecule has 140 valence electrons. The van der Waals surface area contributed by atoms with Gasteiger partial charge in [0.05, 0.1) is 17.7 Å². The molecule has 1 saturated heterocycles. The molecule has 1 aromatic carbocycles. The van der Waals surface area contributed by atoms with Gasteiger partial charge in [0, 0.05) is 19.1 Å². The maximum absolute atomic E-state index is 12.8. The zero-order chi connectivity index (χ0) is 18.6. The van der Waals surface area contributed by atoms with Crippen molar-refractivity contribution in [2.75, 3.05) is 13.1 Å². The Morgan fingerprint density at radius 3 is 2.73 bits per heavy atom. The van der Waals surface area contributed by atoms with Gasteiger partial charge in [-0.15, -0.1) is 0 Å². The van der Waals surface area contributed by atoms with Gasteiger partial charge in [0.1, 0.15) is 5.76 Å². The fraction of sp³-hybridized carbons (Fsp3) is 0.389. The normalized spacial score (nSPS) is 18.4. The van der Waals surface area contributed by atoms with Gasteiger partial charge in [0.25, 0.3) is 0 Å². The SMILES string of the molecule is Cc1ccc(S(=O)(=O)N2CCC[C@@H](NC(=O)NCc3ccco3)C2)cc1. The maximum atomic E-state index is 12.8. The van der Waals surface area contributed by atoms with E-state index in [9.17, 15) is 13.2 Å². The molecule has 1 atom stereocenters. The van der Waals surface area contributed by atoms with Crippen molar-refractivity contribution >= 4 is 16.1 Å². The van der Waals surface area contributed by atoms with Crippen LogP contribution in [-0.2, 0) is 16.6 Å². The summed E-state index contributed by atoms with van der Waals surface area (Å²) in [4.78, 5) is 12.3. The Bertz CT molecular complexity index is 832. The number of aryl methyl sites for hydroxylation is 1. The van der Waals surface area contributed by atoms with Gasteiger partial charge in [-0.3, -0.25) is 0 Å². The number of carbonyl (C=O) groups excluding carboxylic acids is 1. The number of furan rings is 1. The van der Waals surface area contributed by atoms with E-state index in [1.54, 1.807) is 42.7 Å². The largest absolute Gasteiger partial charge is 0.467 e. The number of urea groups is 1. The van der Waals surface area contributed by atoms with E-state index < -0.39 is 10.0 Å². The zero-order valence-electron chi connectivity index (χ0n) is 14.6. The van der Waals surface area contributed by atoms with Crippen LogP contribution in [0.4, 0.5) is 4.79 Å². The lowest BCUT2D eigenvalue weighted by Gasteiger charge is -2.32. The number of nitrogens with one attached hydrogen (secondary N) is 2. The fourth-order valence-corrected chi connectivity index (χ4v) is 4.48. The summed E-state index contributed by atoms with van der Waals surface area (Å²) in [6.45, 7) is 2.93. The first-order valence-electron chi connectivity index (χ1n) is 8.59. The van der Waals surface area contributed by atoms with Crippen molar-refractivity contribution in [1.29, 1.82) is 0 Å². The number of amides is 2. The molecule has 1 fully saturated rings. The van der Waals surface area contributed by atoms with Crippen LogP contribution in [0.1, 0.15) is 24.2 Å². The lowest BCUT2D eigenvalue weighted by molar-refractivity contribution is 0.224. The molecular formula is C18H23N3O4S. The van der Waals surface area contributed by atoms with E-state index in [4.69, 9.17) is 4.42 Å². The summed E-state index contributed by atoms with van der Waals surface area (Å²) in [5, 5.41) is 5.56. The fourth-order valence-electron chi connectivity index (χ4n) is 2.95. The molecule has 1 aliphatic heterocycles. The van der Waals surface area contributed by atoms with E-state index in [-0.39, 0.29) is 30.1 Å². The number of hydrogen-bond acceptors (Lipinski definition) is 4. The summed E-state index contributed by atoms with van der Waals surface area (Å²) >= 11 is 0. The summed E-state index contributed by atoms with van der Waals surface area (Å²) < 4.78 is 32.2. The second-order valence-corrected chi connectivity index (χ2v) is 8.36. The maximum Gasteiger partial charge on any atom is 0.315 e. The van der Waals surface area contributed by atoms with E-state index in [0.29, 0.717) is 18.7 Å². The van der Waals surface area contributed by atoms with Crippen molar-refractivity contribution < 1.29 is 17.6 Å². The molecule has 8 heteroatoms. The molecule has 2 heterocycles. The van der Waals surface area contributed by atoms with E-state index in [1.807, 2.05) is 6.92 Å². The van der Waals surface area contributed by atoms with Gasteiger partial charge in [-0.2, -0.15) is 4.31 Å². The first-order chi connectivity index (χ1) is 12.4. The van der Waals surface area contributed by atoms with E-state index in [2.05, 4.69) is 10.6 Å². The highest BCUT2D eigenvalue weighted by atomic mass is 32.2. The second-order valence-electron chi connectivity index (χ2n) is 6.42. The van der Waals surface area contributed by atoms with Gasteiger partial charge >= 0.3 is 6.03 Å². The number of carbonyl (C=O) groups is 1. The lowest BCUT2D eigenvalue weighted by Crippen LogP contribution is -2.51. The van der Waals surface area contributed by atoms with Crippen LogP contribution in [0, 0.1) is 6.92 Å². The number of sulfonamides is 1. The summed E-state index contributed by atoms with van der Waals surface area (Å²) in [6.07, 6.45) is 2.99. The predicted octanol–water partition coefficient (Wildman–Crippen LogP) is 2.24. The minimum atomic E-state index is -3.55. The van der Waals surface area contributed by atoms with Gasteiger partial charge in [-0.1, -0.05) is 17.7 Å². The Balaban J connectivity index is 1.58. The summed E-state index contributed by atoms with van der Waals surface area (Å²) in [5.41, 5.74) is 1.01. The van der Waals surface area contributed by atoms with Crippen molar-refractivity contribution in [3.05, 3.63) is 54.0 Å². The predicted molar refractivity (Wildman–Crippen MR) is 97.0 cm³/mol. The number of nitrogens with zero attached hydrogens (tertiary/aromatic N) is 1. The highest BCUT2D eigenvalue weighted by molar-refractivity contribution is 7.89. The zero-order valence-corrected chi connectivity index (χ0v) is 15.5. The second kappa shape index (κ2) is 7.92. The molecule has 3 rings (SSSR count). The first-order valence-corrected chi connectivity index (χ1v) is 10.0. The van der Waals surface area contributed by atoms with Gasteiger partial charge in [0.15, 0.2) is 0 Å². The third-order valence-electron chi connectivity index (χ3n) is 4.38. The minimum Gasteiger partial charge on any atom is -0.467 e. The number of hydrogen-bond donors (Lipinski definition) is 2. The van der Waals surface area contributed by atoms with Gasteiger partial charge in [0.2, 0.25) is 10.0 Å². The van der Waals surface area contributed by atoms with Gasteiger partial charge in [-0.25, -0.2) is 13.2 Å². The highest BCUT2D eigenvalue weighted by Gasteiger charge is 2.30. The standard InChI is InChI=1S/C18H23N3O4S/c1-14-6-8-17(9-7-14)26(23,24)21-10-2-4-15(13-21)20-18(22)19-12-16-5-3-11-25-16/h3,5-9,11,15H,2,4,10,12-13H2,1H3,(H2,19,20,22)/t15-/m1/s1. The van der Waals surface area contributed by atoms with Crippen LogP contribution >= 0.6 is 0 Å². The van der Waals surface area contributed by atoms with Crippen molar-refractivity contribution in [3.63, 3.8) is 0 Å². The van der Waals surface area contributed by atoms with Crippen molar-refractivity contribution in [2.24, 2.45) is 0 Å². The number of piperidine rings is 1. The van der Waals surface area contributed by atoms with Crippen LogP contribution in [-0.4, -0.2) is 37.9 Å². The molecule has 0 saturated carbocycles. The molecule has 0 unspecified atom stereocenters. The average Bonchev–Trinajstić information content (AvgIpc) is 3.14. The summed E-state index contributed by atoms with van der Waals surface area (Å²) in [7, 11) is -3.55. The molecule has 1 aromatic heterocycles. The molecule has 26 heavy (non-hydrogen) atoms. The molecular weight excluding hydrogens is 354 g/mol. The molecule has 2 amide bonds. The molecule has 2 aromatic rings. The number of rotatable bonds is 5. The lowest BCUT2D eigenvalue weighted by atomic mass is 10.1. The van der Waals surface area contributed by atoms with Crippen molar-refractivity contribution in [2.45, 2.75) is 37.2 Å². The Morgan fingerprint density at radius 2 is 2.04 bits per heavy atom. The number of benzene rings is 1. The van der Waals surface area contributed by atoms with Gasteiger partial charge < -0.3 is 15.1 Å². The van der Waals surface area contributed by atoms with Crippen molar-refractivity contribution in [3.8, 4) is 0 Å². The Kier molecular flexibility index (Phi) is 5.63. The Labute approximate surface area is 153 Å². The molecule has 0 spiro atoms. The third kappa shape index (κ3) is 4.44. The molecule has 0 radical (unpaired) electrons. The monoisotopic (exact) mass is 377 g/mol.